The first-order chi connectivity index (χ1) is 15.7. The van der Waals surface area contributed by atoms with Crippen LogP contribution in [0.2, 0.25) is 0 Å². The second-order valence-electron chi connectivity index (χ2n) is 8.91. The van der Waals surface area contributed by atoms with E-state index in [1.807, 2.05) is 35.2 Å². The van der Waals surface area contributed by atoms with Gasteiger partial charge in [0.15, 0.2) is 11.5 Å². The predicted molar refractivity (Wildman–Crippen MR) is 126 cm³/mol. The average Bonchev–Trinajstić information content (AvgIpc) is 3.03. The lowest BCUT2D eigenvalue weighted by atomic mass is 9.89. The first-order valence-electron chi connectivity index (χ1n) is 11.1. The van der Waals surface area contributed by atoms with Gasteiger partial charge < -0.3 is 20.5 Å². The Balaban J connectivity index is 1.55. The lowest BCUT2D eigenvalue weighted by Crippen LogP contribution is -2.46. The van der Waals surface area contributed by atoms with Crippen LogP contribution in [0.3, 0.4) is 0 Å². The number of amides is 2. The maximum Gasteiger partial charge on any atom is 0.261 e. The molecule has 174 valence electrons. The molecule has 0 radical (unpaired) electrons. The molecule has 0 aromatic heterocycles. The molecule has 8 heteroatoms. The molecule has 1 unspecified atom stereocenters. The third kappa shape index (κ3) is 4.37. The number of carbonyl (C=O) groups is 2. The van der Waals surface area contributed by atoms with Gasteiger partial charge in [-0.1, -0.05) is 18.2 Å². The van der Waals surface area contributed by atoms with Crippen molar-refractivity contribution in [2.45, 2.75) is 32.2 Å². The molecule has 1 atom stereocenters. The second kappa shape index (κ2) is 8.77. The summed E-state index contributed by atoms with van der Waals surface area (Å²) in [6, 6.07) is 12.6. The van der Waals surface area contributed by atoms with Crippen LogP contribution in [0.4, 0.5) is 0 Å². The number of guanidine groups is 1. The van der Waals surface area contributed by atoms with E-state index in [1.54, 1.807) is 38.0 Å². The van der Waals surface area contributed by atoms with Crippen LogP contribution >= 0.6 is 0 Å². The summed E-state index contributed by atoms with van der Waals surface area (Å²) in [7, 11) is 1.54. The number of methoxy groups -OCH3 is 1. The van der Waals surface area contributed by atoms with Crippen LogP contribution in [-0.4, -0.2) is 59.4 Å². The fourth-order valence-corrected chi connectivity index (χ4v) is 4.63. The van der Waals surface area contributed by atoms with E-state index in [0.29, 0.717) is 25.4 Å². The molecule has 33 heavy (non-hydrogen) atoms. The Morgan fingerprint density at radius 2 is 1.94 bits per heavy atom. The zero-order valence-electron chi connectivity index (χ0n) is 19.2. The first kappa shape index (κ1) is 22.6. The van der Waals surface area contributed by atoms with Crippen molar-refractivity contribution in [3.05, 3.63) is 48.0 Å². The molecule has 3 N–H and O–H groups in total. The summed E-state index contributed by atoms with van der Waals surface area (Å²) in [6.07, 6.45) is 1.67. The van der Waals surface area contributed by atoms with E-state index >= 15 is 0 Å². The molecule has 0 saturated carbocycles. The molecule has 4 rings (SSSR count). The van der Waals surface area contributed by atoms with Crippen molar-refractivity contribution in [1.82, 2.24) is 9.80 Å². The van der Waals surface area contributed by atoms with Crippen molar-refractivity contribution in [3.63, 3.8) is 0 Å². The summed E-state index contributed by atoms with van der Waals surface area (Å²) >= 11 is 0. The molecule has 8 nitrogen and oxygen atoms in total. The van der Waals surface area contributed by atoms with Crippen LogP contribution < -0.4 is 10.5 Å². The van der Waals surface area contributed by atoms with Crippen molar-refractivity contribution >= 4 is 17.8 Å². The summed E-state index contributed by atoms with van der Waals surface area (Å²) in [4.78, 5) is 33.1. The molecular formula is C25H30N4O4. The Kier molecular flexibility index (Phi) is 6.01. The SMILES string of the molecule is COc1cc(O)cc(-c2cccc(C3(C)N=C(N)N(CC4CCN(C(C)=O)CC4)C3=O)c2)c1. The van der Waals surface area contributed by atoms with Gasteiger partial charge in [0.25, 0.3) is 5.91 Å². The molecule has 2 aromatic rings. The fraction of sp³-hybridized carbons (Fsp3) is 0.400. The van der Waals surface area contributed by atoms with Gasteiger partial charge in [-0.2, -0.15) is 0 Å². The van der Waals surface area contributed by atoms with E-state index in [1.165, 1.54) is 0 Å². The monoisotopic (exact) mass is 450 g/mol. The van der Waals surface area contributed by atoms with Gasteiger partial charge in [-0.3, -0.25) is 14.5 Å². The highest BCUT2D eigenvalue weighted by Crippen LogP contribution is 2.37. The number of piperidine rings is 1. The number of carbonyl (C=O) groups excluding carboxylic acids is 2. The summed E-state index contributed by atoms with van der Waals surface area (Å²) < 4.78 is 5.26. The van der Waals surface area contributed by atoms with Gasteiger partial charge in [0.05, 0.1) is 7.11 Å². The van der Waals surface area contributed by atoms with Crippen molar-refractivity contribution in [1.29, 1.82) is 0 Å². The van der Waals surface area contributed by atoms with E-state index < -0.39 is 5.54 Å². The van der Waals surface area contributed by atoms with Crippen LogP contribution in [0.25, 0.3) is 11.1 Å². The highest BCUT2D eigenvalue weighted by atomic mass is 16.5. The number of hydrogen-bond acceptors (Lipinski definition) is 6. The van der Waals surface area contributed by atoms with Crippen molar-refractivity contribution < 1.29 is 19.4 Å². The third-order valence-electron chi connectivity index (χ3n) is 6.66. The maximum absolute atomic E-state index is 13.5. The number of rotatable bonds is 5. The van der Waals surface area contributed by atoms with Crippen LogP contribution in [0, 0.1) is 5.92 Å². The van der Waals surface area contributed by atoms with E-state index in [9.17, 15) is 14.7 Å². The number of hydrogen-bond donors (Lipinski definition) is 2. The van der Waals surface area contributed by atoms with Crippen LogP contribution in [0.15, 0.2) is 47.5 Å². The van der Waals surface area contributed by atoms with Crippen LogP contribution in [0.1, 0.15) is 32.3 Å². The Morgan fingerprint density at radius 1 is 1.21 bits per heavy atom. The molecule has 2 heterocycles. The molecule has 0 bridgehead atoms. The number of phenolic OH excluding ortho intramolecular Hbond substituents is 1. The molecule has 2 amide bonds. The lowest BCUT2D eigenvalue weighted by Gasteiger charge is -2.33. The van der Waals surface area contributed by atoms with Gasteiger partial charge in [-0.25, -0.2) is 4.99 Å². The molecular weight excluding hydrogens is 420 g/mol. The molecule has 1 saturated heterocycles. The van der Waals surface area contributed by atoms with Gasteiger partial charge in [0, 0.05) is 32.6 Å². The molecule has 0 spiro atoms. The average molecular weight is 451 g/mol. The number of likely N-dealkylation sites (tertiary alicyclic amines) is 1. The van der Waals surface area contributed by atoms with Crippen LogP contribution in [-0.2, 0) is 15.1 Å². The number of aliphatic imine (C=N–C) groups is 1. The third-order valence-corrected chi connectivity index (χ3v) is 6.66. The molecule has 1 fully saturated rings. The topological polar surface area (TPSA) is 108 Å². The molecule has 0 aliphatic carbocycles. The van der Waals surface area contributed by atoms with E-state index in [-0.39, 0.29) is 29.4 Å². The van der Waals surface area contributed by atoms with E-state index in [0.717, 1.165) is 29.5 Å². The normalized spacial score (nSPS) is 21.3. The smallest absolute Gasteiger partial charge is 0.261 e. The quantitative estimate of drug-likeness (QED) is 0.728. The largest absolute Gasteiger partial charge is 0.508 e. The van der Waals surface area contributed by atoms with Crippen LogP contribution in [0.5, 0.6) is 11.5 Å². The van der Waals surface area contributed by atoms with Crippen molar-refractivity contribution in [2.24, 2.45) is 16.6 Å². The first-order valence-corrected chi connectivity index (χ1v) is 11.1. The van der Waals surface area contributed by atoms with Gasteiger partial charge in [0.1, 0.15) is 11.5 Å². The highest BCUT2D eigenvalue weighted by Gasteiger charge is 2.46. The summed E-state index contributed by atoms with van der Waals surface area (Å²) in [5, 5.41) is 10.0. The number of nitrogens with two attached hydrogens (primary N) is 1. The minimum absolute atomic E-state index is 0.0867. The number of aromatic hydroxyl groups is 1. The van der Waals surface area contributed by atoms with Gasteiger partial charge in [0.2, 0.25) is 5.91 Å². The lowest BCUT2D eigenvalue weighted by molar-refractivity contribution is -0.133. The summed E-state index contributed by atoms with van der Waals surface area (Å²) in [6.45, 7) is 5.26. The van der Waals surface area contributed by atoms with Gasteiger partial charge in [-0.05, 0) is 60.6 Å². The fourth-order valence-electron chi connectivity index (χ4n) is 4.63. The Labute approximate surface area is 193 Å². The second-order valence-corrected chi connectivity index (χ2v) is 8.91. The zero-order valence-corrected chi connectivity index (χ0v) is 19.2. The van der Waals surface area contributed by atoms with Gasteiger partial charge >= 0.3 is 0 Å². The number of benzene rings is 2. The van der Waals surface area contributed by atoms with Gasteiger partial charge in [-0.15, -0.1) is 0 Å². The standard InChI is InChI=1S/C25H30N4O4/c1-16(30)28-9-7-17(8-10-28)15-29-23(32)25(2,27-24(29)26)20-6-4-5-18(11-20)19-12-21(31)14-22(13-19)33-3/h4-6,11-14,17,31H,7-10,15H2,1-3H3,(H2,26,27). The zero-order chi connectivity index (χ0) is 23.8. The predicted octanol–water partition coefficient (Wildman–Crippen LogP) is 2.70. The van der Waals surface area contributed by atoms with Crippen molar-refractivity contribution in [3.8, 4) is 22.6 Å². The number of phenols is 1. The Bertz CT molecular complexity index is 1110. The molecule has 2 aliphatic heterocycles. The Morgan fingerprint density at radius 3 is 2.61 bits per heavy atom. The number of ether oxygens (including phenoxy) is 1. The summed E-state index contributed by atoms with van der Waals surface area (Å²) in [5.74, 6) is 1.07. The van der Waals surface area contributed by atoms with Crippen molar-refractivity contribution in [2.75, 3.05) is 26.7 Å². The number of nitrogens with zero attached hydrogens (tertiary/aromatic N) is 3. The molecule has 2 aliphatic rings. The molecule has 2 aromatic carbocycles. The maximum atomic E-state index is 13.5. The summed E-state index contributed by atoms with van der Waals surface area (Å²) in [5.41, 5.74) is 7.43. The highest BCUT2D eigenvalue weighted by molar-refractivity contribution is 6.07. The van der Waals surface area contributed by atoms with E-state index in [2.05, 4.69) is 4.99 Å². The Hall–Kier alpha value is -3.55. The minimum Gasteiger partial charge on any atom is -0.508 e. The minimum atomic E-state index is -1.12. The van der Waals surface area contributed by atoms with E-state index in [4.69, 9.17) is 10.5 Å².